The third-order valence-electron chi connectivity index (χ3n) is 2.62. The number of aryl methyl sites for hydroxylation is 1. The van der Waals surface area contributed by atoms with Crippen molar-refractivity contribution in [2.75, 3.05) is 16.6 Å². The molecule has 0 fully saturated rings. The topological polar surface area (TPSA) is 113 Å². The molecule has 0 saturated carbocycles. The number of amides is 1. The van der Waals surface area contributed by atoms with Crippen LogP contribution in [-0.4, -0.2) is 35.6 Å². The van der Waals surface area contributed by atoms with Crippen LogP contribution in [0.15, 0.2) is 35.5 Å². The maximum Gasteiger partial charge on any atom is 0.280 e. The molecule has 0 unspecified atom stereocenters. The van der Waals surface area contributed by atoms with Gasteiger partial charge in [-0.25, -0.2) is 4.98 Å². The molecule has 1 heterocycles. The van der Waals surface area contributed by atoms with Crippen LogP contribution < -0.4 is 10.0 Å². The Kier molecular flexibility index (Phi) is 4.69. The summed E-state index contributed by atoms with van der Waals surface area (Å²) in [6, 6.07) is 6.03. The van der Waals surface area contributed by atoms with Gasteiger partial charge < -0.3 is 15.0 Å². The normalized spacial score (nSPS) is 11.2. The van der Waals surface area contributed by atoms with Crippen molar-refractivity contribution in [2.24, 2.45) is 7.05 Å². The predicted octanol–water partition coefficient (Wildman–Crippen LogP) is 0.805. The Bertz CT molecular complexity index is 784. The van der Waals surface area contributed by atoms with Crippen LogP contribution in [0.4, 0.5) is 11.4 Å². The monoisotopic (exact) mass is 344 g/mol. The molecule has 0 aliphatic heterocycles. The second-order valence-electron chi connectivity index (χ2n) is 4.35. The van der Waals surface area contributed by atoms with E-state index < -0.39 is 22.5 Å². The summed E-state index contributed by atoms with van der Waals surface area (Å²) < 4.78 is 28.1. The van der Waals surface area contributed by atoms with E-state index in [9.17, 15) is 13.2 Å². The Balaban J connectivity index is 2.22. The molecular formula is C12H13ClN4O4S. The molecule has 10 heteroatoms. The molecule has 1 aromatic carbocycles. The van der Waals surface area contributed by atoms with Crippen LogP contribution in [0.25, 0.3) is 0 Å². The molecule has 1 amide bonds. The van der Waals surface area contributed by atoms with Gasteiger partial charge in [-0.1, -0.05) is 6.07 Å². The van der Waals surface area contributed by atoms with E-state index in [4.69, 9.17) is 16.7 Å². The molecule has 1 aromatic heterocycles. The average molecular weight is 345 g/mol. The second kappa shape index (κ2) is 6.34. The number of halogens is 1. The second-order valence-corrected chi connectivity index (χ2v) is 6.32. The molecule has 8 nitrogen and oxygen atoms in total. The van der Waals surface area contributed by atoms with E-state index in [-0.39, 0.29) is 16.0 Å². The smallest absolute Gasteiger partial charge is 0.280 e. The van der Waals surface area contributed by atoms with E-state index >= 15 is 0 Å². The highest BCUT2D eigenvalue weighted by Crippen LogP contribution is 2.20. The van der Waals surface area contributed by atoms with Gasteiger partial charge >= 0.3 is 0 Å². The number of nitrogens with zero attached hydrogens (tertiary/aromatic N) is 2. The highest BCUT2D eigenvalue weighted by Gasteiger charge is 2.19. The number of aliphatic hydroxyl groups is 1. The minimum absolute atomic E-state index is 0.0457. The van der Waals surface area contributed by atoms with Crippen molar-refractivity contribution in [1.29, 1.82) is 0 Å². The summed E-state index contributed by atoms with van der Waals surface area (Å²) >= 11 is 5.73. The summed E-state index contributed by atoms with van der Waals surface area (Å²) in [5, 5.41) is 10.9. The summed E-state index contributed by atoms with van der Waals surface area (Å²) in [7, 11) is -2.33. The number of carbonyl (C=O) groups excluding carboxylic acids is 1. The average Bonchev–Trinajstić information content (AvgIpc) is 2.79. The fourth-order valence-corrected chi connectivity index (χ4v) is 2.85. The molecule has 0 atom stereocenters. The molecule has 2 rings (SSSR count). The van der Waals surface area contributed by atoms with Crippen LogP contribution in [0.2, 0.25) is 5.28 Å². The van der Waals surface area contributed by atoms with Crippen molar-refractivity contribution in [3.05, 3.63) is 35.7 Å². The van der Waals surface area contributed by atoms with E-state index in [1.165, 1.54) is 22.9 Å². The lowest BCUT2D eigenvalue weighted by Crippen LogP contribution is -2.16. The van der Waals surface area contributed by atoms with Gasteiger partial charge in [0.15, 0.2) is 5.03 Å². The third-order valence-corrected chi connectivity index (χ3v) is 4.22. The zero-order chi connectivity index (χ0) is 16.3. The fourth-order valence-electron chi connectivity index (χ4n) is 1.62. The summed E-state index contributed by atoms with van der Waals surface area (Å²) in [5.41, 5.74) is 0.579. The Morgan fingerprint density at radius 2 is 2.09 bits per heavy atom. The third kappa shape index (κ3) is 3.75. The van der Waals surface area contributed by atoms with E-state index in [1.54, 1.807) is 19.2 Å². The summed E-state index contributed by atoms with van der Waals surface area (Å²) in [4.78, 5) is 14.8. The predicted molar refractivity (Wildman–Crippen MR) is 81.2 cm³/mol. The number of sulfonamides is 1. The summed E-state index contributed by atoms with van der Waals surface area (Å²) in [5.74, 6) is -0.600. The van der Waals surface area contributed by atoms with Crippen LogP contribution in [0, 0.1) is 0 Å². The standard InChI is InChI=1S/C12H13ClN4O4S/c1-17-6-11(15-12(17)13)22(20,21)16-9-4-2-3-8(5-9)14-10(19)7-18/h2-6,16,18H,7H2,1H3,(H,14,19). The maximum absolute atomic E-state index is 12.2. The number of anilines is 2. The highest BCUT2D eigenvalue weighted by atomic mass is 35.5. The molecule has 0 aliphatic rings. The SMILES string of the molecule is Cn1cc(S(=O)(=O)Nc2cccc(NC(=O)CO)c2)nc1Cl. The Morgan fingerprint density at radius 3 is 2.68 bits per heavy atom. The first-order valence-corrected chi connectivity index (χ1v) is 7.90. The quantitative estimate of drug-likeness (QED) is 0.742. The van der Waals surface area contributed by atoms with Crippen LogP contribution in [-0.2, 0) is 21.9 Å². The number of hydrogen-bond donors (Lipinski definition) is 3. The van der Waals surface area contributed by atoms with Crippen LogP contribution >= 0.6 is 11.6 Å². The molecule has 22 heavy (non-hydrogen) atoms. The van der Waals surface area contributed by atoms with Crippen LogP contribution in [0.5, 0.6) is 0 Å². The lowest BCUT2D eigenvalue weighted by atomic mass is 10.3. The number of nitrogens with one attached hydrogen (secondary N) is 2. The molecule has 2 aromatic rings. The van der Waals surface area contributed by atoms with E-state index in [0.717, 1.165) is 0 Å². The minimum Gasteiger partial charge on any atom is -0.387 e. The van der Waals surface area contributed by atoms with Crippen molar-refractivity contribution >= 4 is 38.9 Å². The largest absolute Gasteiger partial charge is 0.387 e. The molecule has 0 spiro atoms. The van der Waals surface area contributed by atoms with E-state index in [1.807, 2.05) is 0 Å². The van der Waals surface area contributed by atoms with Gasteiger partial charge in [-0.15, -0.1) is 0 Å². The Hall–Kier alpha value is -2.10. The first kappa shape index (κ1) is 16.3. The number of aliphatic hydroxyl groups excluding tert-OH is 1. The van der Waals surface area contributed by atoms with Gasteiger partial charge in [0.25, 0.3) is 10.0 Å². The molecule has 0 radical (unpaired) electrons. The van der Waals surface area contributed by atoms with E-state index in [2.05, 4.69) is 15.0 Å². The lowest BCUT2D eigenvalue weighted by molar-refractivity contribution is -0.118. The lowest BCUT2D eigenvalue weighted by Gasteiger charge is -2.08. The van der Waals surface area contributed by atoms with Gasteiger partial charge in [0.05, 0.1) is 5.69 Å². The van der Waals surface area contributed by atoms with Crippen molar-refractivity contribution < 1.29 is 18.3 Å². The van der Waals surface area contributed by atoms with E-state index in [0.29, 0.717) is 5.69 Å². The highest BCUT2D eigenvalue weighted by molar-refractivity contribution is 7.92. The number of benzene rings is 1. The van der Waals surface area contributed by atoms with Gasteiger partial charge in [0.2, 0.25) is 11.2 Å². The van der Waals surface area contributed by atoms with Crippen molar-refractivity contribution in [1.82, 2.24) is 9.55 Å². The number of rotatable bonds is 5. The number of aromatic nitrogens is 2. The van der Waals surface area contributed by atoms with Crippen molar-refractivity contribution in [3.63, 3.8) is 0 Å². The molecule has 0 bridgehead atoms. The van der Waals surface area contributed by atoms with Crippen molar-refractivity contribution in [3.8, 4) is 0 Å². The van der Waals surface area contributed by atoms with Gasteiger partial charge in [-0.05, 0) is 29.8 Å². The van der Waals surface area contributed by atoms with Gasteiger partial charge in [-0.3, -0.25) is 9.52 Å². The maximum atomic E-state index is 12.2. The zero-order valence-electron chi connectivity index (χ0n) is 11.4. The Labute approximate surface area is 131 Å². The first-order chi connectivity index (χ1) is 10.3. The summed E-state index contributed by atoms with van der Waals surface area (Å²) in [6.45, 7) is -0.664. The van der Waals surface area contributed by atoms with Gasteiger partial charge in [-0.2, -0.15) is 8.42 Å². The minimum atomic E-state index is -3.89. The fraction of sp³-hybridized carbons (Fsp3) is 0.167. The van der Waals surface area contributed by atoms with Crippen molar-refractivity contribution in [2.45, 2.75) is 5.03 Å². The number of hydrogen-bond acceptors (Lipinski definition) is 5. The number of carbonyl (C=O) groups is 1. The molecule has 118 valence electrons. The number of imidazole rings is 1. The molecular weight excluding hydrogens is 332 g/mol. The van der Waals surface area contributed by atoms with Crippen LogP contribution in [0.3, 0.4) is 0 Å². The van der Waals surface area contributed by atoms with Gasteiger partial charge in [0.1, 0.15) is 6.61 Å². The Morgan fingerprint density at radius 1 is 1.41 bits per heavy atom. The first-order valence-electron chi connectivity index (χ1n) is 6.04. The molecule has 3 N–H and O–H groups in total. The zero-order valence-corrected chi connectivity index (χ0v) is 13.0. The van der Waals surface area contributed by atoms with Gasteiger partial charge in [0, 0.05) is 18.9 Å². The molecule has 0 saturated heterocycles. The van der Waals surface area contributed by atoms with Crippen LogP contribution in [0.1, 0.15) is 0 Å². The summed E-state index contributed by atoms with van der Waals surface area (Å²) in [6.07, 6.45) is 1.28. The molecule has 0 aliphatic carbocycles.